The normalized spacial score (nSPS) is 20.2. The van der Waals surface area contributed by atoms with E-state index in [1.807, 2.05) is 11.3 Å². The smallest absolute Gasteiger partial charge is 0.185 e. The molecule has 1 aromatic rings. The minimum atomic E-state index is 0.540. The van der Waals surface area contributed by atoms with Crippen molar-refractivity contribution in [2.75, 3.05) is 11.9 Å². The third kappa shape index (κ3) is 3.78. The monoisotopic (exact) mass is 307 g/mol. The van der Waals surface area contributed by atoms with E-state index < -0.39 is 0 Å². The molecule has 1 N–H and O–H groups in total. The Morgan fingerprint density at radius 2 is 1.90 bits per heavy atom. The van der Waals surface area contributed by atoms with Gasteiger partial charge in [0, 0.05) is 36.5 Å². The van der Waals surface area contributed by atoms with Gasteiger partial charge in [-0.1, -0.05) is 33.1 Å². The summed E-state index contributed by atoms with van der Waals surface area (Å²) in [5, 5.41) is 4.82. The Kier molecular flexibility index (Phi) is 4.85. The molecular formula is C17H29N3S. The Morgan fingerprint density at radius 3 is 2.52 bits per heavy atom. The summed E-state index contributed by atoms with van der Waals surface area (Å²) in [6.45, 7) is 5.42. The van der Waals surface area contributed by atoms with E-state index in [-0.39, 0.29) is 0 Å². The average Bonchev–Trinajstić information content (AvgIpc) is 3.25. The molecule has 0 aromatic carbocycles. The largest absolute Gasteiger partial charge is 0.348 e. The van der Waals surface area contributed by atoms with Crippen LogP contribution in [0.15, 0.2) is 0 Å². The Hall–Kier alpha value is -0.610. The molecule has 1 heterocycles. The molecule has 2 saturated carbocycles. The second kappa shape index (κ2) is 6.66. The molecule has 2 fully saturated rings. The molecule has 0 atom stereocenters. The quantitative estimate of drug-likeness (QED) is 0.850. The Morgan fingerprint density at radius 1 is 1.19 bits per heavy atom. The molecule has 3 nitrogen and oxygen atoms in total. The predicted octanol–water partition coefficient (Wildman–Crippen LogP) is 4.29. The third-order valence-electron chi connectivity index (χ3n) is 4.78. The lowest BCUT2D eigenvalue weighted by Crippen LogP contribution is -2.33. The second-order valence-electron chi connectivity index (χ2n) is 7.02. The van der Waals surface area contributed by atoms with Crippen molar-refractivity contribution in [3.63, 3.8) is 0 Å². The fourth-order valence-electron chi connectivity index (χ4n) is 3.23. The topological polar surface area (TPSA) is 28.2 Å². The first-order chi connectivity index (χ1) is 10.1. The molecule has 2 aliphatic carbocycles. The summed E-state index contributed by atoms with van der Waals surface area (Å²) in [7, 11) is 2.26. The Labute approximate surface area is 133 Å². The van der Waals surface area contributed by atoms with Crippen LogP contribution >= 0.6 is 11.3 Å². The van der Waals surface area contributed by atoms with E-state index in [0.29, 0.717) is 12.1 Å². The first-order valence-electron chi connectivity index (χ1n) is 8.61. The van der Waals surface area contributed by atoms with E-state index in [2.05, 4.69) is 31.1 Å². The van der Waals surface area contributed by atoms with E-state index in [9.17, 15) is 0 Å². The van der Waals surface area contributed by atoms with Gasteiger partial charge < -0.3 is 10.2 Å². The first kappa shape index (κ1) is 15.3. The molecule has 0 unspecified atom stereocenters. The Bertz CT molecular complexity index is 459. The van der Waals surface area contributed by atoms with Gasteiger partial charge in [0.1, 0.15) is 0 Å². The summed E-state index contributed by atoms with van der Waals surface area (Å²) < 4.78 is 0. The molecule has 1 aromatic heterocycles. The van der Waals surface area contributed by atoms with Gasteiger partial charge in [-0.2, -0.15) is 0 Å². The van der Waals surface area contributed by atoms with E-state index in [1.54, 1.807) is 0 Å². The van der Waals surface area contributed by atoms with Gasteiger partial charge in [-0.3, -0.25) is 0 Å². The highest BCUT2D eigenvalue weighted by Gasteiger charge is 2.31. The first-order valence-corrected chi connectivity index (χ1v) is 9.42. The summed E-state index contributed by atoms with van der Waals surface area (Å²) in [6.07, 6.45) is 9.55. The van der Waals surface area contributed by atoms with Crippen LogP contribution in [-0.2, 0) is 6.54 Å². The summed E-state index contributed by atoms with van der Waals surface area (Å²) >= 11 is 1.92. The number of nitrogens with zero attached hydrogens (tertiary/aromatic N) is 2. The second-order valence-corrected chi connectivity index (χ2v) is 8.08. The fraction of sp³-hybridized carbons (Fsp3) is 0.824. The summed E-state index contributed by atoms with van der Waals surface area (Å²) in [5.74, 6) is 0.749. The molecule has 118 valence electrons. The zero-order chi connectivity index (χ0) is 14.8. The zero-order valence-electron chi connectivity index (χ0n) is 13.7. The number of rotatable bonds is 6. The van der Waals surface area contributed by atoms with Gasteiger partial charge >= 0.3 is 0 Å². The van der Waals surface area contributed by atoms with Crippen LogP contribution in [0.1, 0.15) is 75.3 Å². The van der Waals surface area contributed by atoms with Gasteiger partial charge in [-0.25, -0.2) is 4.98 Å². The molecule has 0 aliphatic heterocycles. The van der Waals surface area contributed by atoms with Crippen molar-refractivity contribution in [1.82, 2.24) is 10.3 Å². The molecule has 0 saturated heterocycles. The van der Waals surface area contributed by atoms with Crippen LogP contribution in [0.4, 0.5) is 5.13 Å². The molecular weight excluding hydrogens is 278 g/mol. The van der Waals surface area contributed by atoms with Crippen LogP contribution in [0, 0.1) is 0 Å². The van der Waals surface area contributed by atoms with Crippen molar-refractivity contribution in [1.29, 1.82) is 0 Å². The standard InChI is InChI=1S/C17H29N3S/c1-12(2)18-11-15-16(13-9-10-13)19-17(21-15)20(3)14-7-5-4-6-8-14/h12-14,18H,4-11H2,1-3H3. The fourth-order valence-corrected chi connectivity index (χ4v) is 4.36. The highest BCUT2D eigenvalue weighted by Crippen LogP contribution is 2.44. The van der Waals surface area contributed by atoms with Crippen molar-refractivity contribution in [2.45, 2.75) is 83.3 Å². The van der Waals surface area contributed by atoms with Crippen molar-refractivity contribution < 1.29 is 0 Å². The SMILES string of the molecule is CC(C)NCc1sc(N(C)C2CCCCC2)nc1C1CC1. The summed E-state index contributed by atoms with van der Waals surface area (Å²) in [5.41, 5.74) is 1.39. The molecule has 21 heavy (non-hydrogen) atoms. The van der Waals surface area contributed by atoms with Crippen LogP contribution in [0.5, 0.6) is 0 Å². The lowest BCUT2D eigenvalue weighted by Gasteiger charge is -2.30. The molecule has 0 spiro atoms. The maximum absolute atomic E-state index is 5.03. The third-order valence-corrected chi connectivity index (χ3v) is 5.94. The van der Waals surface area contributed by atoms with Gasteiger partial charge in [0.15, 0.2) is 5.13 Å². The number of aromatic nitrogens is 1. The van der Waals surface area contributed by atoms with Gasteiger partial charge in [0.2, 0.25) is 0 Å². The van der Waals surface area contributed by atoms with Crippen LogP contribution in [-0.4, -0.2) is 24.1 Å². The predicted molar refractivity (Wildman–Crippen MR) is 91.3 cm³/mol. The minimum Gasteiger partial charge on any atom is -0.348 e. The maximum Gasteiger partial charge on any atom is 0.185 e. The number of hydrogen-bond donors (Lipinski definition) is 1. The van der Waals surface area contributed by atoms with Crippen LogP contribution < -0.4 is 10.2 Å². The maximum atomic E-state index is 5.03. The van der Waals surface area contributed by atoms with Crippen molar-refractivity contribution in [2.24, 2.45) is 0 Å². The lowest BCUT2D eigenvalue weighted by molar-refractivity contribution is 0.427. The van der Waals surface area contributed by atoms with Crippen molar-refractivity contribution in [3.05, 3.63) is 10.6 Å². The highest BCUT2D eigenvalue weighted by molar-refractivity contribution is 7.15. The Balaban J connectivity index is 1.73. The molecule has 3 rings (SSSR count). The summed E-state index contributed by atoms with van der Waals surface area (Å²) in [4.78, 5) is 8.97. The molecule has 0 bridgehead atoms. The molecule has 4 heteroatoms. The van der Waals surface area contributed by atoms with E-state index >= 15 is 0 Å². The van der Waals surface area contributed by atoms with E-state index in [4.69, 9.17) is 4.98 Å². The lowest BCUT2D eigenvalue weighted by atomic mass is 9.95. The van der Waals surface area contributed by atoms with Gasteiger partial charge in [0.05, 0.1) is 5.69 Å². The van der Waals surface area contributed by atoms with Gasteiger partial charge in [-0.05, 0) is 25.7 Å². The van der Waals surface area contributed by atoms with Crippen molar-refractivity contribution in [3.8, 4) is 0 Å². The molecule has 2 aliphatic rings. The summed E-state index contributed by atoms with van der Waals surface area (Å²) in [6, 6.07) is 1.25. The number of thiazole rings is 1. The van der Waals surface area contributed by atoms with E-state index in [1.165, 1.54) is 60.6 Å². The average molecular weight is 308 g/mol. The van der Waals surface area contributed by atoms with Crippen LogP contribution in [0.25, 0.3) is 0 Å². The molecule has 0 radical (unpaired) electrons. The number of hydrogen-bond acceptors (Lipinski definition) is 4. The van der Waals surface area contributed by atoms with Crippen molar-refractivity contribution >= 4 is 16.5 Å². The zero-order valence-corrected chi connectivity index (χ0v) is 14.5. The van der Waals surface area contributed by atoms with Gasteiger partial charge in [0.25, 0.3) is 0 Å². The van der Waals surface area contributed by atoms with Gasteiger partial charge in [-0.15, -0.1) is 11.3 Å². The van der Waals surface area contributed by atoms with Crippen LogP contribution in [0.2, 0.25) is 0 Å². The van der Waals surface area contributed by atoms with E-state index in [0.717, 1.165) is 12.5 Å². The highest BCUT2D eigenvalue weighted by atomic mass is 32.1. The minimum absolute atomic E-state index is 0.540. The number of anilines is 1. The number of nitrogens with one attached hydrogen (secondary N) is 1. The molecule has 0 amide bonds. The van der Waals surface area contributed by atoms with Crippen LogP contribution in [0.3, 0.4) is 0 Å².